The first-order chi connectivity index (χ1) is 13.0. The second kappa shape index (κ2) is 6.33. The molecule has 7 nitrogen and oxygen atoms in total. The minimum Gasteiger partial charge on any atom is -0.502 e. The lowest BCUT2D eigenvalue weighted by molar-refractivity contribution is 0.410. The highest BCUT2D eigenvalue weighted by Gasteiger charge is 2.25. The molecular formula is C19H14N2O5S. The summed E-state index contributed by atoms with van der Waals surface area (Å²) < 4.78 is 32.4. The largest absolute Gasteiger partial charge is 0.502 e. The summed E-state index contributed by atoms with van der Waals surface area (Å²) in [7, 11) is -3.99. The van der Waals surface area contributed by atoms with Crippen LogP contribution in [0.5, 0.6) is 11.5 Å². The number of furan rings is 1. The number of anilines is 1. The van der Waals surface area contributed by atoms with Crippen molar-refractivity contribution in [3.63, 3.8) is 0 Å². The molecular weight excluding hydrogens is 368 g/mol. The predicted octanol–water partition coefficient (Wildman–Crippen LogP) is 3.71. The number of aromatic nitrogens is 1. The van der Waals surface area contributed by atoms with E-state index in [-0.39, 0.29) is 10.7 Å². The third-order valence-corrected chi connectivity index (χ3v) is 5.34. The lowest BCUT2D eigenvalue weighted by Crippen LogP contribution is -2.12. The van der Waals surface area contributed by atoms with Gasteiger partial charge in [0.2, 0.25) is 11.5 Å². The van der Waals surface area contributed by atoms with Gasteiger partial charge in [0.15, 0.2) is 5.76 Å². The van der Waals surface area contributed by atoms with Gasteiger partial charge >= 0.3 is 0 Å². The second-order valence-corrected chi connectivity index (χ2v) is 7.48. The number of fused-ring (bicyclic) bond motifs is 1. The van der Waals surface area contributed by atoms with Crippen LogP contribution in [0.1, 0.15) is 0 Å². The SMILES string of the molecule is O=S(=O)(Nc1oc(-c2cnc3ccccc3c2)c(O)c1O)c1ccccc1. The van der Waals surface area contributed by atoms with E-state index in [1.807, 2.05) is 24.3 Å². The lowest BCUT2D eigenvalue weighted by Gasteiger charge is -2.05. The van der Waals surface area contributed by atoms with Crippen LogP contribution in [0.2, 0.25) is 0 Å². The highest BCUT2D eigenvalue weighted by Crippen LogP contribution is 2.45. The van der Waals surface area contributed by atoms with Crippen LogP contribution in [0.25, 0.3) is 22.2 Å². The predicted molar refractivity (Wildman–Crippen MR) is 100 cm³/mol. The maximum atomic E-state index is 12.4. The molecule has 2 aromatic carbocycles. The zero-order valence-corrected chi connectivity index (χ0v) is 14.6. The topological polar surface area (TPSA) is 113 Å². The van der Waals surface area contributed by atoms with Crippen LogP contribution >= 0.6 is 0 Å². The molecule has 2 aromatic heterocycles. The maximum Gasteiger partial charge on any atom is 0.264 e. The van der Waals surface area contributed by atoms with Gasteiger partial charge in [0, 0.05) is 17.1 Å². The van der Waals surface area contributed by atoms with E-state index in [1.54, 1.807) is 24.3 Å². The highest BCUT2D eigenvalue weighted by atomic mass is 32.2. The molecule has 0 atom stereocenters. The van der Waals surface area contributed by atoms with Crippen LogP contribution in [0, 0.1) is 0 Å². The molecule has 0 aliphatic carbocycles. The molecule has 0 bridgehead atoms. The van der Waals surface area contributed by atoms with Gasteiger partial charge in [-0.15, -0.1) is 0 Å². The number of sulfonamides is 1. The lowest BCUT2D eigenvalue weighted by atomic mass is 10.1. The molecule has 27 heavy (non-hydrogen) atoms. The summed E-state index contributed by atoms with van der Waals surface area (Å²) in [5, 5.41) is 21.1. The summed E-state index contributed by atoms with van der Waals surface area (Å²) in [4.78, 5) is 4.26. The number of pyridine rings is 1. The zero-order valence-electron chi connectivity index (χ0n) is 13.8. The monoisotopic (exact) mass is 382 g/mol. The summed E-state index contributed by atoms with van der Waals surface area (Å²) >= 11 is 0. The van der Waals surface area contributed by atoms with Crippen LogP contribution in [-0.2, 0) is 10.0 Å². The molecule has 3 N–H and O–H groups in total. The van der Waals surface area contributed by atoms with Crippen molar-refractivity contribution in [1.82, 2.24) is 4.98 Å². The van der Waals surface area contributed by atoms with E-state index in [0.29, 0.717) is 5.56 Å². The first kappa shape index (κ1) is 16.9. The van der Waals surface area contributed by atoms with E-state index >= 15 is 0 Å². The molecule has 4 rings (SSSR count). The van der Waals surface area contributed by atoms with Crippen LogP contribution in [-0.4, -0.2) is 23.6 Å². The van der Waals surface area contributed by atoms with E-state index in [2.05, 4.69) is 9.71 Å². The van der Waals surface area contributed by atoms with Crippen LogP contribution in [0.4, 0.5) is 5.88 Å². The smallest absolute Gasteiger partial charge is 0.264 e. The van der Waals surface area contributed by atoms with E-state index in [0.717, 1.165) is 10.9 Å². The molecule has 0 unspecified atom stereocenters. The van der Waals surface area contributed by atoms with Crippen molar-refractivity contribution in [2.45, 2.75) is 4.90 Å². The van der Waals surface area contributed by atoms with Crippen molar-refractivity contribution in [2.24, 2.45) is 0 Å². The zero-order chi connectivity index (χ0) is 19.0. The van der Waals surface area contributed by atoms with Crippen molar-refractivity contribution >= 4 is 26.8 Å². The average Bonchev–Trinajstić information content (AvgIpc) is 2.96. The van der Waals surface area contributed by atoms with Crippen LogP contribution in [0.15, 0.2) is 76.2 Å². The van der Waals surface area contributed by atoms with Crippen molar-refractivity contribution in [2.75, 3.05) is 4.72 Å². The third-order valence-electron chi connectivity index (χ3n) is 3.99. The number of aromatic hydroxyl groups is 2. The molecule has 0 aliphatic rings. The maximum absolute atomic E-state index is 12.4. The molecule has 0 spiro atoms. The fraction of sp³-hybridized carbons (Fsp3) is 0. The second-order valence-electron chi connectivity index (χ2n) is 5.79. The minimum absolute atomic E-state index is 0.00536. The first-order valence-electron chi connectivity index (χ1n) is 7.93. The van der Waals surface area contributed by atoms with Crippen molar-refractivity contribution in [3.8, 4) is 22.8 Å². The number of para-hydroxylation sites is 1. The Bertz CT molecular complexity index is 1230. The Hall–Kier alpha value is -3.52. The Morgan fingerprint density at radius 3 is 2.41 bits per heavy atom. The number of hydrogen-bond donors (Lipinski definition) is 3. The Morgan fingerprint density at radius 1 is 0.926 bits per heavy atom. The van der Waals surface area contributed by atoms with Gasteiger partial charge in [-0.25, -0.2) is 13.1 Å². The van der Waals surface area contributed by atoms with E-state index in [4.69, 9.17) is 4.42 Å². The first-order valence-corrected chi connectivity index (χ1v) is 9.42. The minimum atomic E-state index is -3.99. The standard InChI is InChI=1S/C19H14N2O5S/c22-16-17(23)19(21-27(24,25)14-7-2-1-3-8-14)26-18(16)13-10-12-6-4-5-9-15(12)20-11-13/h1-11,21-23H. The van der Waals surface area contributed by atoms with Gasteiger partial charge in [0.25, 0.3) is 15.9 Å². The van der Waals surface area contributed by atoms with E-state index < -0.39 is 27.4 Å². The summed E-state index contributed by atoms with van der Waals surface area (Å²) in [6.45, 7) is 0. The molecule has 0 saturated heterocycles. The summed E-state index contributed by atoms with van der Waals surface area (Å²) in [5.74, 6) is -1.83. The summed E-state index contributed by atoms with van der Waals surface area (Å²) in [6.07, 6.45) is 1.47. The van der Waals surface area contributed by atoms with Crippen molar-refractivity contribution in [3.05, 3.63) is 66.9 Å². The molecule has 0 aliphatic heterocycles. The fourth-order valence-corrected chi connectivity index (χ4v) is 3.67. The normalized spacial score (nSPS) is 11.6. The number of hydrogen-bond acceptors (Lipinski definition) is 6. The molecule has 0 saturated carbocycles. The van der Waals surface area contributed by atoms with Gasteiger partial charge in [0.05, 0.1) is 10.4 Å². The van der Waals surface area contributed by atoms with Crippen LogP contribution in [0.3, 0.4) is 0 Å². The van der Waals surface area contributed by atoms with Gasteiger partial charge in [-0.1, -0.05) is 36.4 Å². The van der Waals surface area contributed by atoms with E-state index in [1.165, 1.54) is 18.3 Å². The average molecular weight is 382 g/mol. The number of rotatable bonds is 4. The third kappa shape index (κ3) is 3.06. The molecule has 4 aromatic rings. The highest BCUT2D eigenvalue weighted by molar-refractivity contribution is 7.92. The molecule has 0 amide bonds. The van der Waals surface area contributed by atoms with Gasteiger partial charge in [0.1, 0.15) is 0 Å². The van der Waals surface area contributed by atoms with Crippen molar-refractivity contribution < 1.29 is 23.0 Å². The summed E-state index contributed by atoms with van der Waals surface area (Å²) in [5.41, 5.74) is 1.15. The number of nitrogens with zero attached hydrogens (tertiary/aromatic N) is 1. The number of nitrogens with one attached hydrogen (secondary N) is 1. The fourth-order valence-electron chi connectivity index (χ4n) is 2.65. The Morgan fingerprint density at radius 2 is 1.63 bits per heavy atom. The Balaban J connectivity index is 1.75. The Kier molecular flexibility index (Phi) is 3.97. The van der Waals surface area contributed by atoms with Gasteiger partial charge in [-0.2, -0.15) is 0 Å². The number of benzene rings is 2. The van der Waals surface area contributed by atoms with Gasteiger partial charge in [-0.3, -0.25) is 4.98 Å². The van der Waals surface area contributed by atoms with E-state index in [9.17, 15) is 18.6 Å². The van der Waals surface area contributed by atoms with Gasteiger partial charge < -0.3 is 14.6 Å². The van der Waals surface area contributed by atoms with Gasteiger partial charge in [-0.05, 0) is 24.3 Å². The van der Waals surface area contributed by atoms with Crippen molar-refractivity contribution in [1.29, 1.82) is 0 Å². The molecule has 8 heteroatoms. The summed E-state index contributed by atoms with van der Waals surface area (Å²) in [6, 6.07) is 16.7. The molecule has 136 valence electrons. The Labute approximate surface area is 154 Å². The molecule has 2 heterocycles. The quantitative estimate of drug-likeness (QED) is 0.496. The molecule has 0 fully saturated rings. The van der Waals surface area contributed by atoms with Crippen LogP contribution < -0.4 is 4.72 Å². The molecule has 0 radical (unpaired) electrons.